The first kappa shape index (κ1) is 15.1. The summed E-state index contributed by atoms with van der Waals surface area (Å²) in [5.41, 5.74) is 6.64. The van der Waals surface area contributed by atoms with Gasteiger partial charge in [-0.3, -0.25) is 4.79 Å². The first-order valence-electron chi connectivity index (χ1n) is 6.62. The lowest BCUT2D eigenvalue weighted by atomic mass is 10.1. The summed E-state index contributed by atoms with van der Waals surface area (Å²) in [5, 5.41) is 2.31. The van der Waals surface area contributed by atoms with Gasteiger partial charge in [-0.05, 0) is 30.5 Å². The Bertz CT molecular complexity index is 617. The van der Waals surface area contributed by atoms with Crippen molar-refractivity contribution in [3.8, 4) is 0 Å². The first-order valence-corrected chi connectivity index (χ1v) is 6.62. The summed E-state index contributed by atoms with van der Waals surface area (Å²) in [7, 11) is 0. The summed E-state index contributed by atoms with van der Waals surface area (Å²) in [5.74, 6) is -2.62. The number of halogens is 2. The van der Waals surface area contributed by atoms with E-state index in [1.165, 1.54) is 12.1 Å². The van der Waals surface area contributed by atoms with Crippen LogP contribution in [0.4, 0.5) is 14.5 Å². The fraction of sp³-hybridized carbons (Fsp3) is 0.188. The van der Waals surface area contributed by atoms with Gasteiger partial charge in [0.2, 0.25) is 5.91 Å². The Morgan fingerprint density at radius 1 is 1.10 bits per heavy atom. The average molecular weight is 290 g/mol. The topological polar surface area (TPSA) is 55.1 Å². The number of benzene rings is 2. The van der Waals surface area contributed by atoms with E-state index >= 15 is 0 Å². The van der Waals surface area contributed by atoms with Gasteiger partial charge in [-0.15, -0.1) is 0 Å². The number of carbonyl (C=O) groups is 1. The van der Waals surface area contributed by atoms with E-state index in [4.69, 9.17) is 5.73 Å². The number of hydrogen-bond donors (Lipinski definition) is 2. The van der Waals surface area contributed by atoms with E-state index in [9.17, 15) is 13.6 Å². The SMILES string of the molecule is N[C@@H](CCc1ccccc1)C(=O)Nc1cccc(F)c1F. The molecule has 1 amide bonds. The molecule has 0 aliphatic rings. The highest BCUT2D eigenvalue weighted by Gasteiger charge is 2.16. The summed E-state index contributed by atoms with van der Waals surface area (Å²) in [4.78, 5) is 11.9. The molecule has 0 aliphatic heterocycles. The van der Waals surface area contributed by atoms with E-state index in [1.54, 1.807) is 0 Å². The smallest absolute Gasteiger partial charge is 0.241 e. The zero-order chi connectivity index (χ0) is 15.2. The molecule has 0 fully saturated rings. The normalized spacial score (nSPS) is 12.0. The van der Waals surface area contributed by atoms with Crippen LogP contribution in [0.15, 0.2) is 48.5 Å². The molecule has 0 bridgehead atoms. The third-order valence-electron chi connectivity index (χ3n) is 3.13. The van der Waals surface area contributed by atoms with E-state index in [-0.39, 0.29) is 5.69 Å². The quantitative estimate of drug-likeness (QED) is 0.889. The maximum absolute atomic E-state index is 13.4. The van der Waals surface area contributed by atoms with Crippen molar-refractivity contribution in [2.24, 2.45) is 5.73 Å². The lowest BCUT2D eigenvalue weighted by Gasteiger charge is -2.13. The number of amides is 1. The van der Waals surface area contributed by atoms with E-state index in [2.05, 4.69) is 5.32 Å². The van der Waals surface area contributed by atoms with Gasteiger partial charge >= 0.3 is 0 Å². The van der Waals surface area contributed by atoms with Gasteiger partial charge in [-0.1, -0.05) is 36.4 Å². The van der Waals surface area contributed by atoms with Crippen LogP contribution in [0.2, 0.25) is 0 Å². The van der Waals surface area contributed by atoms with Gasteiger partial charge < -0.3 is 11.1 Å². The molecular formula is C16H16F2N2O. The molecule has 2 aromatic carbocycles. The van der Waals surface area contributed by atoms with Crippen LogP contribution in [0.25, 0.3) is 0 Å². The Hall–Kier alpha value is -2.27. The summed E-state index contributed by atoms with van der Waals surface area (Å²) < 4.78 is 26.5. The minimum absolute atomic E-state index is 0.199. The molecule has 110 valence electrons. The molecule has 5 heteroatoms. The minimum Gasteiger partial charge on any atom is -0.322 e. The second-order valence-electron chi connectivity index (χ2n) is 4.72. The summed E-state index contributed by atoms with van der Waals surface area (Å²) in [6.45, 7) is 0. The number of rotatable bonds is 5. The van der Waals surface area contributed by atoms with E-state index in [0.717, 1.165) is 11.6 Å². The summed E-state index contributed by atoms with van der Waals surface area (Å²) in [6.07, 6.45) is 1.06. The Kier molecular flexibility index (Phi) is 5.00. The van der Waals surface area contributed by atoms with Crippen molar-refractivity contribution in [2.75, 3.05) is 5.32 Å². The number of hydrogen-bond acceptors (Lipinski definition) is 2. The minimum atomic E-state index is -1.08. The number of nitrogens with two attached hydrogens (primary N) is 1. The third kappa shape index (κ3) is 4.10. The van der Waals surface area contributed by atoms with Crippen LogP contribution in [-0.2, 0) is 11.2 Å². The van der Waals surface area contributed by atoms with Gasteiger partial charge in [0.05, 0.1) is 11.7 Å². The van der Waals surface area contributed by atoms with E-state index < -0.39 is 23.6 Å². The molecule has 0 radical (unpaired) electrons. The second-order valence-corrected chi connectivity index (χ2v) is 4.72. The molecule has 0 aromatic heterocycles. The molecule has 0 saturated heterocycles. The predicted molar refractivity (Wildman–Crippen MR) is 77.7 cm³/mol. The second kappa shape index (κ2) is 6.95. The van der Waals surface area contributed by atoms with Crippen LogP contribution in [0.1, 0.15) is 12.0 Å². The van der Waals surface area contributed by atoms with Crippen molar-refractivity contribution in [2.45, 2.75) is 18.9 Å². The number of anilines is 1. The Balaban J connectivity index is 1.92. The average Bonchev–Trinajstić information content (AvgIpc) is 2.50. The van der Waals surface area contributed by atoms with Crippen molar-refractivity contribution < 1.29 is 13.6 Å². The molecule has 0 spiro atoms. The highest BCUT2D eigenvalue weighted by atomic mass is 19.2. The maximum atomic E-state index is 13.4. The van der Waals surface area contributed by atoms with Gasteiger partial charge in [0.1, 0.15) is 0 Å². The van der Waals surface area contributed by atoms with Gasteiger partial charge in [0, 0.05) is 0 Å². The van der Waals surface area contributed by atoms with Crippen LogP contribution >= 0.6 is 0 Å². The summed E-state index contributed by atoms with van der Waals surface area (Å²) >= 11 is 0. The summed E-state index contributed by atoms with van der Waals surface area (Å²) in [6, 6.07) is 12.4. The molecule has 21 heavy (non-hydrogen) atoms. The first-order chi connectivity index (χ1) is 10.1. The zero-order valence-electron chi connectivity index (χ0n) is 11.4. The molecule has 3 nitrogen and oxygen atoms in total. The molecule has 2 aromatic rings. The molecule has 1 atom stereocenters. The molecule has 0 heterocycles. The van der Waals surface area contributed by atoms with Crippen LogP contribution < -0.4 is 11.1 Å². The molecule has 0 saturated carbocycles. The molecule has 3 N–H and O–H groups in total. The highest BCUT2D eigenvalue weighted by Crippen LogP contribution is 2.17. The Morgan fingerprint density at radius 3 is 2.52 bits per heavy atom. The third-order valence-corrected chi connectivity index (χ3v) is 3.13. The monoisotopic (exact) mass is 290 g/mol. The number of aryl methyl sites for hydroxylation is 1. The number of carbonyl (C=O) groups excluding carboxylic acids is 1. The van der Waals surface area contributed by atoms with Crippen molar-refractivity contribution in [3.05, 3.63) is 65.7 Å². The Labute approximate surface area is 121 Å². The maximum Gasteiger partial charge on any atom is 0.241 e. The fourth-order valence-corrected chi connectivity index (χ4v) is 1.92. The standard InChI is InChI=1S/C16H16F2N2O/c17-12-7-4-8-14(15(12)18)20-16(21)13(19)10-9-11-5-2-1-3-6-11/h1-8,13H,9-10,19H2,(H,20,21)/t13-/m0/s1. The van der Waals surface area contributed by atoms with Crippen molar-refractivity contribution in [1.82, 2.24) is 0 Å². The van der Waals surface area contributed by atoms with E-state index in [1.807, 2.05) is 30.3 Å². The lowest BCUT2D eigenvalue weighted by Crippen LogP contribution is -2.36. The fourth-order valence-electron chi connectivity index (χ4n) is 1.92. The van der Waals surface area contributed by atoms with Crippen molar-refractivity contribution in [3.63, 3.8) is 0 Å². The van der Waals surface area contributed by atoms with Crippen LogP contribution in [0, 0.1) is 11.6 Å². The molecule has 2 rings (SSSR count). The van der Waals surface area contributed by atoms with Crippen LogP contribution in [0.5, 0.6) is 0 Å². The van der Waals surface area contributed by atoms with Crippen molar-refractivity contribution in [1.29, 1.82) is 0 Å². The van der Waals surface area contributed by atoms with E-state index in [0.29, 0.717) is 12.8 Å². The lowest BCUT2D eigenvalue weighted by molar-refractivity contribution is -0.117. The van der Waals surface area contributed by atoms with Crippen LogP contribution in [-0.4, -0.2) is 11.9 Å². The molecule has 0 unspecified atom stereocenters. The molecular weight excluding hydrogens is 274 g/mol. The van der Waals surface area contributed by atoms with Crippen LogP contribution in [0.3, 0.4) is 0 Å². The van der Waals surface area contributed by atoms with Gasteiger partial charge in [0.15, 0.2) is 11.6 Å². The predicted octanol–water partition coefficient (Wildman–Crippen LogP) is 2.86. The molecule has 0 aliphatic carbocycles. The largest absolute Gasteiger partial charge is 0.322 e. The van der Waals surface area contributed by atoms with Crippen molar-refractivity contribution >= 4 is 11.6 Å². The number of nitrogens with one attached hydrogen (secondary N) is 1. The zero-order valence-corrected chi connectivity index (χ0v) is 11.4. The van der Waals surface area contributed by atoms with Gasteiger partial charge in [-0.2, -0.15) is 0 Å². The Morgan fingerprint density at radius 2 is 1.81 bits per heavy atom. The highest BCUT2D eigenvalue weighted by molar-refractivity contribution is 5.94. The van der Waals surface area contributed by atoms with Gasteiger partial charge in [0.25, 0.3) is 0 Å². The van der Waals surface area contributed by atoms with Gasteiger partial charge in [-0.25, -0.2) is 8.78 Å².